The van der Waals surface area contributed by atoms with Crippen molar-refractivity contribution in [2.45, 2.75) is 19.4 Å². The van der Waals surface area contributed by atoms with Gasteiger partial charge in [0.2, 0.25) is 0 Å². The van der Waals surface area contributed by atoms with Gasteiger partial charge in [0, 0.05) is 31.3 Å². The van der Waals surface area contributed by atoms with Gasteiger partial charge >= 0.3 is 0 Å². The van der Waals surface area contributed by atoms with Crippen LogP contribution >= 0.6 is 0 Å². The second-order valence-electron chi connectivity index (χ2n) is 5.18. The number of ether oxygens (including phenoxy) is 2. The normalized spacial score (nSPS) is 16.0. The van der Waals surface area contributed by atoms with Crippen molar-refractivity contribution in [1.82, 2.24) is 10.2 Å². The minimum Gasteiger partial charge on any atom is -0.493 e. The maximum atomic E-state index is 13.9. The summed E-state index contributed by atoms with van der Waals surface area (Å²) in [7, 11) is 3.06. The van der Waals surface area contributed by atoms with Gasteiger partial charge in [-0.25, -0.2) is 4.39 Å². The van der Waals surface area contributed by atoms with E-state index < -0.39 is 0 Å². The number of methoxy groups -OCH3 is 2. The quantitative estimate of drug-likeness (QED) is 0.782. The second-order valence-corrected chi connectivity index (χ2v) is 5.18. The standard InChI is InChI=1S/C16H24FN2O2/c1-20-15-10-13(14(17)11-16(15)21-2)12-18-6-9-19-7-4-3-5-8-19/h3,10-11,18H,4-9,12H2,1-2H3. The fraction of sp³-hybridized carbons (Fsp3) is 0.562. The van der Waals surface area contributed by atoms with Crippen LogP contribution in [0, 0.1) is 12.2 Å². The molecule has 4 nitrogen and oxygen atoms in total. The summed E-state index contributed by atoms with van der Waals surface area (Å²) >= 11 is 0. The summed E-state index contributed by atoms with van der Waals surface area (Å²) in [5, 5.41) is 3.29. The van der Waals surface area contributed by atoms with Crippen LogP contribution in [-0.2, 0) is 6.54 Å². The molecule has 1 aromatic carbocycles. The van der Waals surface area contributed by atoms with Crippen LogP contribution in [0.5, 0.6) is 11.5 Å². The van der Waals surface area contributed by atoms with Gasteiger partial charge in [-0.1, -0.05) is 0 Å². The molecule has 5 heteroatoms. The summed E-state index contributed by atoms with van der Waals surface area (Å²) in [6.07, 6.45) is 4.68. The molecule has 0 atom stereocenters. The maximum absolute atomic E-state index is 13.9. The van der Waals surface area contributed by atoms with E-state index in [4.69, 9.17) is 9.47 Å². The average molecular weight is 295 g/mol. The van der Waals surface area contributed by atoms with Crippen LogP contribution in [-0.4, -0.2) is 45.3 Å². The van der Waals surface area contributed by atoms with Crippen LogP contribution < -0.4 is 14.8 Å². The molecule has 0 saturated carbocycles. The Morgan fingerprint density at radius 1 is 1.14 bits per heavy atom. The molecule has 2 rings (SSSR count). The lowest BCUT2D eigenvalue weighted by molar-refractivity contribution is 0.253. The molecular weight excluding hydrogens is 271 g/mol. The van der Waals surface area contributed by atoms with Gasteiger partial charge in [0.05, 0.1) is 14.2 Å². The Morgan fingerprint density at radius 3 is 2.48 bits per heavy atom. The average Bonchev–Trinajstić information content (AvgIpc) is 2.53. The smallest absolute Gasteiger partial charge is 0.163 e. The van der Waals surface area contributed by atoms with E-state index in [0.29, 0.717) is 23.6 Å². The van der Waals surface area contributed by atoms with Crippen molar-refractivity contribution in [3.63, 3.8) is 0 Å². The Labute approximate surface area is 126 Å². The summed E-state index contributed by atoms with van der Waals surface area (Å²) in [6.45, 7) is 4.61. The highest BCUT2D eigenvalue weighted by atomic mass is 19.1. The molecule has 21 heavy (non-hydrogen) atoms. The molecule has 1 saturated heterocycles. The van der Waals surface area contributed by atoms with E-state index in [1.807, 2.05) is 0 Å². The first-order chi connectivity index (χ1) is 10.2. The van der Waals surface area contributed by atoms with Gasteiger partial charge < -0.3 is 19.7 Å². The number of halogens is 1. The molecule has 1 heterocycles. The Morgan fingerprint density at radius 2 is 1.81 bits per heavy atom. The number of benzene rings is 1. The van der Waals surface area contributed by atoms with Gasteiger partial charge in [-0.05, 0) is 38.4 Å². The molecule has 1 fully saturated rings. The maximum Gasteiger partial charge on any atom is 0.163 e. The lowest BCUT2D eigenvalue weighted by Crippen LogP contribution is -2.35. The van der Waals surface area contributed by atoms with Crippen molar-refractivity contribution in [2.75, 3.05) is 40.4 Å². The minimum absolute atomic E-state index is 0.271. The fourth-order valence-corrected chi connectivity index (χ4v) is 2.52. The molecule has 0 aromatic heterocycles. The minimum atomic E-state index is -0.271. The second kappa shape index (κ2) is 8.20. The Bertz CT molecular complexity index is 448. The Kier molecular flexibility index (Phi) is 6.26. The SMILES string of the molecule is COc1cc(F)c(CNCCN2CC[CH]CC2)cc1OC. The zero-order valence-electron chi connectivity index (χ0n) is 12.8. The molecule has 0 unspecified atom stereocenters. The summed E-state index contributed by atoms with van der Waals surface area (Å²) in [6, 6.07) is 3.06. The van der Waals surface area contributed by atoms with Crippen molar-refractivity contribution >= 4 is 0 Å². The van der Waals surface area contributed by atoms with Crippen LogP contribution in [0.15, 0.2) is 12.1 Å². The molecule has 117 valence electrons. The van der Waals surface area contributed by atoms with Gasteiger partial charge in [0.25, 0.3) is 0 Å². The van der Waals surface area contributed by atoms with Gasteiger partial charge in [-0.2, -0.15) is 0 Å². The van der Waals surface area contributed by atoms with Gasteiger partial charge in [-0.15, -0.1) is 0 Å². The summed E-state index contributed by atoms with van der Waals surface area (Å²) in [5.41, 5.74) is 0.597. The first-order valence-electron chi connectivity index (χ1n) is 7.39. The predicted octanol–water partition coefficient (Wildman–Crippen LogP) is 2.23. The third-order valence-corrected chi connectivity index (χ3v) is 3.77. The van der Waals surface area contributed by atoms with E-state index in [1.54, 1.807) is 13.2 Å². The lowest BCUT2D eigenvalue weighted by Gasteiger charge is -2.26. The third kappa shape index (κ3) is 4.58. The molecule has 0 aliphatic carbocycles. The topological polar surface area (TPSA) is 33.7 Å². The summed E-state index contributed by atoms with van der Waals surface area (Å²) in [5.74, 6) is 0.707. The highest BCUT2D eigenvalue weighted by molar-refractivity contribution is 5.43. The first-order valence-corrected chi connectivity index (χ1v) is 7.39. The van der Waals surface area contributed by atoms with E-state index in [9.17, 15) is 4.39 Å². The van der Waals surface area contributed by atoms with E-state index in [1.165, 1.54) is 26.0 Å². The van der Waals surface area contributed by atoms with E-state index in [-0.39, 0.29) is 5.82 Å². The van der Waals surface area contributed by atoms with Crippen LogP contribution in [0.1, 0.15) is 18.4 Å². The largest absolute Gasteiger partial charge is 0.493 e. The zero-order chi connectivity index (χ0) is 15.1. The molecule has 1 aliphatic heterocycles. The number of likely N-dealkylation sites (tertiary alicyclic amines) is 1. The van der Waals surface area contributed by atoms with Crippen LogP contribution in [0.25, 0.3) is 0 Å². The number of rotatable bonds is 7. The molecule has 1 N–H and O–H groups in total. The molecule has 1 aromatic rings. The van der Waals surface area contributed by atoms with Crippen molar-refractivity contribution in [1.29, 1.82) is 0 Å². The van der Waals surface area contributed by atoms with E-state index >= 15 is 0 Å². The molecular formula is C16H24FN2O2. The molecule has 0 amide bonds. The third-order valence-electron chi connectivity index (χ3n) is 3.77. The molecule has 0 spiro atoms. The van der Waals surface area contributed by atoms with E-state index in [0.717, 1.165) is 26.2 Å². The number of hydrogen-bond acceptors (Lipinski definition) is 4. The first kappa shape index (κ1) is 16.0. The number of hydrogen-bond donors (Lipinski definition) is 1. The van der Waals surface area contributed by atoms with Crippen LogP contribution in [0.2, 0.25) is 0 Å². The summed E-state index contributed by atoms with van der Waals surface area (Å²) in [4.78, 5) is 2.43. The monoisotopic (exact) mass is 295 g/mol. The summed E-state index contributed by atoms with van der Waals surface area (Å²) < 4.78 is 24.2. The van der Waals surface area contributed by atoms with E-state index in [2.05, 4.69) is 16.6 Å². The highest BCUT2D eigenvalue weighted by Crippen LogP contribution is 2.29. The van der Waals surface area contributed by atoms with Crippen molar-refractivity contribution in [3.8, 4) is 11.5 Å². The highest BCUT2D eigenvalue weighted by Gasteiger charge is 2.12. The van der Waals surface area contributed by atoms with Crippen LogP contribution in [0.3, 0.4) is 0 Å². The Hall–Kier alpha value is -1.33. The Balaban J connectivity index is 1.82. The van der Waals surface area contributed by atoms with Crippen LogP contribution in [0.4, 0.5) is 4.39 Å². The molecule has 0 bridgehead atoms. The number of nitrogens with one attached hydrogen (secondary N) is 1. The number of nitrogens with zero attached hydrogens (tertiary/aromatic N) is 1. The molecule has 1 aliphatic rings. The zero-order valence-corrected chi connectivity index (χ0v) is 12.8. The van der Waals surface area contributed by atoms with Gasteiger partial charge in [0.15, 0.2) is 11.5 Å². The van der Waals surface area contributed by atoms with Crippen molar-refractivity contribution in [2.24, 2.45) is 0 Å². The number of piperidine rings is 1. The predicted molar refractivity (Wildman–Crippen MR) is 81.2 cm³/mol. The van der Waals surface area contributed by atoms with Gasteiger partial charge in [-0.3, -0.25) is 0 Å². The van der Waals surface area contributed by atoms with Gasteiger partial charge in [0.1, 0.15) is 5.82 Å². The fourth-order valence-electron chi connectivity index (χ4n) is 2.52. The van der Waals surface area contributed by atoms with Crippen molar-refractivity contribution in [3.05, 3.63) is 29.9 Å². The lowest BCUT2D eigenvalue weighted by atomic mass is 10.1. The molecule has 1 radical (unpaired) electrons. The van der Waals surface area contributed by atoms with Crippen molar-refractivity contribution < 1.29 is 13.9 Å².